The van der Waals surface area contributed by atoms with Crippen molar-refractivity contribution in [2.45, 2.75) is 6.92 Å². The van der Waals surface area contributed by atoms with E-state index in [1.54, 1.807) is 24.3 Å². The molecule has 0 aromatic heterocycles. The van der Waals surface area contributed by atoms with E-state index in [4.69, 9.17) is 62.6 Å². The molecule has 14 heteroatoms. The van der Waals surface area contributed by atoms with Crippen LogP contribution in [0.2, 0.25) is 0 Å². The topological polar surface area (TPSA) is 154 Å². The second kappa shape index (κ2) is 34.5. The maximum absolute atomic E-state index is 11.3. The number of hydrogen-bond acceptors (Lipinski definition) is 14. The van der Waals surface area contributed by atoms with Gasteiger partial charge in [0.25, 0.3) is 0 Å². The van der Waals surface area contributed by atoms with E-state index in [0.29, 0.717) is 170 Å². The van der Waals surface area contributed by atoms with Gasteiger partial charge in [-0.25, -0.2) is 0 Å². The Kier molecular flexibility index (Phi) is 31.7. The van der Waals surface area contributed by atoms with E-state index in [0.717, 1.165) is 0 Å². The number of rotatable bonds is 37. The van der Waals surface area contributed by atoms with Crippen LogP contribution in [0.25, 0.3) is 0 Å². The molecule has 0 aliphatic carbocycles. The molecule has 0 heterocycles. The van der Waals surface area contributed by atoms with Crippen LogP contribution in [0.3, 0.4) is 0 Å². The largest absolute Gasteiger partial charge is 0.491 e. The number of ketones is 1. The maximum Gasteiger partial charge on any atom is 0.159 e. The summed E-state index contributed by atoms with van der Waals surface area (Å²) in [4.78, 5) is 11.3. The molecule has 0 amide bonds. The first-order chi connectivity index (χ1) is 22.7. The standard InChI is InChI=1S/C32H57NO13/c1-30(34)31-2-4-32(5-3-31)46-29-28-45-27-26-44-25-24-43-23-22-42-21-20-41-19-18-40-17-16-39-15-14-38-13-12-37-11-10-36-9-8-35-7-6-33/h2-5H,6-29,33H2,1H3. The van der Waals surface area contributed by atoms with Gasteiger partial charge in [0, 0.05) is 12.1 Å². The van der Waals surface area contributed by atoms with Gasteiger partial charge in [-0.1, -0.05) is 0 Å². The predicted molar refractivity (Wildman–Crippen MR) is 170 cm³/mol. The molecule has 0 saturated carbocycles. The van der Waals surface area contributed by atoms with Gasteiger partial charge in [-0.2, -0.15) is 0 Å². The normalized spacial score (nSPS) is 11.3. The molecular formula is C32H57NO13. The lowest BCUT2D eigenvalue weighted by molar-refractivity contribution is -0.0276. The molecule has 0 unspecified atom stereocenters. The highest BCUT2D eigenvalue weighted by atomic mass is 16.6. The summed E-state index contributed by atoms with van der Waals surface area (Å²) in [5, 5.41) is 0. The quantitative estimate of drug-likeness (QED) is 0.0806. The maximum atomic E-state index is 11.3. The van der Waals surface area contributed by atoms with Gasteiger partial charge in [-0.05, 0) is 31.2 Å². The SMILES string of the molecule is CC(=O)c1ccc(OCCOCCOCCOCCOCCOCCOCCOCCOCCOCCOCCOCCN)cc1. The van der Waals surface area contributed by atoms with Gasteiger partial charge in [-0.15, -0.1) is 0 Å². The van der Waals surface area contributed by atoms with Crippen LogP contribution in [0.4, 0.5) is 0 Å². The summed E-state index contributed by atoms with van der Waals surface area (Å²) in [6.45, 7) is 13.6. The fraction of sp³-hybridized carbons (Fsp3) is 0.781. The lowest BCUT2D eigenvalue weighted by Gasteiger charge is -2.09. The molecule has 0 radical (unpaired) electrons. The zero-order chi connectivity index (χ0) is 33.0. The number of carbonyl (C=O) groups excluding carboxylic acids is 1. The molecule has 1 aromatic carbocycles. The van der Waals surface area contributed by atoms with E-state index in [1.165, 1.54) is 6.92 Å². The number of nitrogens with two attached hydrogens (primary N) is 1. The van der Waals surface area contributed by atoms with E-state index >= 15 is 0 Å². The van der Waals surface area contributed by atoms with E-state index < -0.39 is 0 Å². The van der Waals surface area contributed by atoms with Crippen LogP contribution in [-0.4, -0.2) is 164 Å². The van der Waals surface area contributed by atoms with Crippen molar-refractivity contribution in [3.63, 3.8) is 0 Å². The average molecular weight is 664 g/mol. The van der Waals surface area contributed by atoms with Gasteiger partial charge in [0.1, 0.15) is 12.4 Å². The number of carbonyl (C=O) groups is 1. The molecule has 46 heavy (non-hydrogen) atoms. The van der Waals surface area contributed by atoms with Crippen molar-refractivity contribution in [2.24, 2.45) is 5.73 Å². The Morgan fingerprint density at radius 2 is 0.652 bits per heavy atom. The molecule has 0 aliphatic rings. The molecule has 0 spiro atoms. The monoisotopic (exact) mass is 663 g/mol. The Balaban J connectivity index is 1.65. The molecule has 2 N–H and O–H groups in total. The Hall–Kier alpha value is -1.79. The fourth-order valence-corrected chi connectivity index (χ4v) is 3.39. The van der Waals surface area contributed by atoms with Crippen LogP contribution in [0.5, 0.6) is 5.75 Å². The van der Waals surface area contributed by atoms with Crippen LogP contribution in [0.15, 0.2) is 24.3 Å². The molecule has 0 bridgehead atoms. The number of Topliss-reactive ketones (excluding diaryl/α,β-unsaturated/α-hetero) is 1. The summed E-state index contributed by atoms with van der Waals surface area (Å²) >= 11 is 0. The van der Waals surface area contributed by atoms with Crippen LogP contribution in [-0.2, 0) is 52.1 Å². The molecule has 268 valence electrons. The van der Waals surface area contributed by atoms with E-state index in [1.807, 2.05) is 0 Å². The highest BCUT2D eigenvalue weighted by molar-refractivity contribution is 5.94. The molecule has 0 saturated heterocycles. The van der Waals surface area contributed by atoms with Gasteiger partial charge < -0.3 is 62.6 Å². The Morgan fingerprint density at radius 3 is 0.891 bits per heavy atom. The average Bonchev–Trinajstić information content (AvgIpc) is 3.06. The molecule has 0 fully saturated rings. The molecule has 1 rings (SSSR count). The smallest absolute Gasteiger partial charge is 0.159 e. The van der Waals surface area contributed by atoms with Crippen molar-refractivity contribution in [3.05, 3.63) is 29.8 Å². The minimum absolute atomic E-state index is 0.0323. The van der Waals surface area contributed by atoms with E-state index in [9.17, 15) is 4.79 Å². The van der Waals surface area contributed by atoms with Gasteiger partial charge in [0.15, 0.2) is 5.78 Å². The van der Waals surface area contributed by atoms with Crippen molar-refractivity contribution in [2.75, 3.05) is 159 Å². The zero-order valence-corrected chi connectivity index (χ0v) is 27.7. The van der Waals surface area contributed by atoms with E-state index in [-0.39, 0.29) is 5.78 Å². The first kappa shape index (κ1) is 42.2. The predicted octanol–water partition coefficient (Wildman–Crippen LogP) is 1.41. The summed E-state index contributed by atoms with van der Waals surface area (Å²) < 4.78 is 65.3. The summed E-state index contributed by atoms with van der Waals surface area (Å²) in [6.07, 6.45) is 0. The van der Waals surface area contributed by atoms with Crippen molar-refractivity contribution >= 4 is 5.78 Å². The highest BCUT2D eigenvalue weighted by Crippen LogP contribution is 2.12. The Bertz CT molecular complexity index is 773. The minimum atomic E-state index is 0.0323. The number of ether oxygens (including phenoxy) is 12. The van der Waals surface area contributed by atoms with Crippen molar-refractivity contribution < 1.29 is 61.6 Å². The van der Waals surface area contributed by atoms with Crippen LogP contribution in [0.1, 0.15) is 17.3 Å². The summed E-state index contributed by atoms with van der Waals surface area (Å²) in [5.74, 6) is 0.740. The third kappa shape index (κ3) is 29.6. The van der Waals surface area contributed by atoms with Crippen LogP contribution < -0.4 is 10.5 Å². The Labute approximate surface area is 274 Å². The summed E-state index contributed by atoms with van der Waals surface area (Å²) in [5.41, 5.74) is 5.99. The highest BCUT2D eigenvalue weighted by Gasteiger charge is 2.00. The van der Waals surface area contributed by atoms with E-state index in [2.05, 4.69) is 0 Å². The lowest BCUT2D eigenvalue weighted by atomic mass is 10.1. The first-order valence-corrected chi connectivity index (χ1v) is 16.0. The number of hydrogen-bond donors (Lipinski definition) is 1. The molecule has 0 aliphatic heterocycles. The zero-order valence-electron chi connectivity index (χ0n) is 27.7. The second-order valence-corrected chi connectivity index (χ2v) is 9.45. The van der Waals surface area contributed by atoms with Gasteiger partial charge in [-0.3, -0.25) is 4.79 Å². The van der Waals surface area contributed by atoms with Gasteiger partial charge in [0.05, 0.1) is 145 Å². The van der Waals surface area contributed by atoms with Crippen LogP contribution >= 0.6 is 0 Å². The summed E-state index contributed by atoms with van der Waals surface area (Å²) in [7, 11) is 0. The third-order valence-electron chi connectivity index (χ3n) is 5.74. The number of benzene rings is 1. The second-order valence-electron chi connectivity index (χ2n) is 9.45. The third-order valence-corrected chi connectivity index (χ3v) is 5.74. The fourth-order valence-electron chi connectivity index (χ4n) is 3.39. The Morgan fingerprint density at radius 1 is 0.413 bits per heavy atom. The molecule has 1 aromatic rings. The molecular weight excluding hydrogens is 606 g/mol. The lowest BCUT2D eigenvalue weighted by Crippen LogP contribution is -2.16. The first-order valence-electron chi connectivity index (χ1n) is 16.0. The van der Waals surface area contributed by atoms with Gasteiger partial charge >= 0.3 is 0 Å². The summed E-state index contributed by atoms with van der Waals surface area (Å²) in [6, 6.07) is 7.05. The molecule has 0 atom stereocenters. The van der Waals surface area contributed by atoms with Crippen LogP contribution in [0, 0.1) is 0 Å². The van der Waals surface area contributed by atoms with Crippen molar-refractivity contribution in [3.8, 4) is 5.75 Å². The van der Waals surface area contributed by atoms with Crippen molar-refractivity contribution in [1.82, 2.24) is 0 Å². The molecule has 14 nitrogen and oxygen atoms in total. The minimum Gasteiger partial charge on any atom is -0.491 e. The van der Waals surface area contributed by atoms with Crippen molar-refractivity contribution in [1.29, 1.82) is 0 Å². The van der Waals surface area contributed by atoms with Gasteiger partial charge in [0.2, 0.25) is 0 Å².